The Bertz CT molecular complexity index is 425. The van der Waals surface area contributed by atoms with E-state index in [4.69, 9.17) is 0 Å². The second-order valence-corrected chi connectivity index (χ2v) is 7.42. The quantitative estimate of drug-likeness (QED) is 0.917. The van der Waals surface area contributed by atoms with Crippen molar-refractivity contribution >= 4 is 11.3 Å². The highest BCUT2D eigenvalue weighted by atomic mass is 32.1. The zero-order valence-corrected chi connectivity index (χ0v) is 13.5. The van der Waals surface area contributed by atoms with Crippen LogP contribution in [0.3, 0.4) is 0 Å². The van der Waals surface area contributed by atoms with Crippen LogP contribution in [0.25, 0.3) is 0 Å². The molecule has 0 radical (unpaired) electrons. The summed E-state index contributed by atoms with van der Waals surface area (Å²) < 4.78 is 0. The standard InChI is InChI=1S/C15H26N4S/c1-12(2)14-9-17-15(20-14)11-18-6-3-13(10-18)19-7-4-16-5-8-19/h9,12-13,16H,3-8,10-11H2,1-2H3. The van der Waals surface area contributed by atoms with E-state index in [0.29, 0.717) is 5.92 Å². The van der Waals surface area contributed by atoms with Crippen molar-refractivity contribution in [2.75, 3.05) is 39.3 Å². The number of aromatic nitrogens is 1. The number of thiazole rings is 1. The van der Waals surface area contributed by atoms with Gasteiger partial charge in [-0.15, -0.1) is 11.3 Å². The van der Waals surface area contributed by atoms with Crippen LogP contribution in [0.1, 0.15) is 36.1 Å². The van der Waals surface area contributed by atoms with Gasteiger partial charge in [0.15, 0.2) is 0 Å². The highest BCUT2D eigenvalue weighted by Crippen LogP contribution is 2.24. The van der Waals surface area contributed by atoms with Crippen LogP contribution >= 0.6 is 11.3 Å². The lowest BCUT2D eigenvalue weighted by atomic mass is 10.2. The first-order valence-corrected chi connectivity index (χ1v) is 8.66. The molecule has 1 aromatic heterocycles. The number of piperazine rings is 1. The fourth-order valence-electron chi connectivity index (χ4n) is 3.16. The van der Waals surface area contributed by atoms with E-state index in [9.17, 15) is 0 Å². The van der Waals surface area contributed by atoms with Gasteiger partial charge in [0, 0.05) is 56.4 Å². The summed E-state index contributed by atoms with van der Waals surface area (Å²) in [7, 11) is 0. The van der Waals surface area contributed by atoms with Crippen LogP contribution in [0.2, 0.25) is 0 Å². The monoisotopic (exact) mass is 294 g/mol. The summed E-state index contributed by atoms with van der Waals surface area (Å²) in [5, 5.41) is 4.73. The van der Waals surface area contributed by atoms with Gasteiger partial charge in [0.05, 0.1) is 6.54 Å². The third kappa shape index (κ3) is 3.39. The molecule has 5 heteroatoms. The zero-order chi connectivity index (χ0) is 13.9. The molecule has 0 saturated carbocycles. The van der Waals surface area contributed by atoms with Crippen molar-refractivity contribution in [2.24, 2.45) is 0 Å². The molecule has 1 unspecified atom stereocenters. The number of hydrogen-bond acceptors (Lipinski definition) is 5. The largest absolute Gasteiger partial charge is 0.314 e. The molecule has 0 spiro atoms. The van der Waals surface area contributed by atoms with Crippen LogP contribution < -0.4 is 5.32 Å². The molecule has 2 aliphatic rings. The molecule has 0 amide bonds. The average Bonchev–Trinajstić information content (AvgIpc) is 3.10. The molecule has 0 aliphatic carbocycles. The molecule has 20 heavy (non-hydrogen) atoms. The summed E-state index contributed by atoms with van der Waals surface area (Å²) in [5.41, 5.74) is 0. The second kappa shape index (κ2) is 6.52. The SMILES string of the molecule is CC(C)c1cnc(CN2CCC(N3CCNCC3)C2)s1. The third-order valence-electron chi connectivity index (χ3n) is 4.41. The maximum atomic E-state index is 4.59. The van der Waals surface area contributed by atoms with Crippen molar-refractivity contribution in [2.45, 2.75) is 38.8 Å². The molecular weight excluding hydrogens is 268 g/mol. The maximum Gasteiger partial charge on any atom is 0.107 e. The van der Waals surface area contributed by atoms with Gasteiger partial charge in [-0.2, -0.15) is 0 Å². The first-order chi connectivity index (χ1) is 9.72. The second-order valence-electron chi connectivity index (χ2n) is 6.27. The minimum absolute atomic E-state index is 0.605. The lowest BCUT2D eigenvalue weighted by Gasteiger charge is -2.32. The summed E-state index contributed by atoms with van der Waals surface area (Å²) in [6.45, 7) is 12.7. The number of hydrogen-bond donors (Lipinski definition) is 1. The van der Waals surface area contributed by atoms with Crippen molar-refractivity contribution in [3.63, 3.8) is 0 Å². The van der Waals surface area contributed by atoms with Crippen molar-refractivity contribution < 1.29 is 0 Å². The number of rotatable bonds is 4. The Kier molecular flexibility index (Phi) is 4.71. The van der Waals surface area contributed by atoms with Crippen molar-refractivity contribution in [1.82, 2.24) is 20.1 Å². The van der Waals surface area contributed by atoms with Crippen LogP contribution in [0.5, 0.6) is 0 Å². The van der Waals surface area contributed by atoms with Gasteiger partial charge in [0.25, 0.3) is 0 Å². The lowest BCUT2D eigenvalue weighted by Crippen LogP contribution is -2.49. The minimum atomic E-state index is 0.605. The lowest BCUT2D eigenvalue weighted by molar-refractivity contribution is 0.170. The summed E-state index contributed by atoms with van der Waals surface area (Å²) in [6.07, 6.45) is 3.39. The topological polar surface area (TPSA) is 31.4 Å². The van der Waals surface area contributed by atoms with E-state index in [-0.39, 0.29) is 0 Å². The molecule has 0 aromatic carbocycles. The van der Waals surface area contributed by atoms with Crippen molar-refractivity contribution in [1.29, 1.82) is 0 Å². The fraction of sp³-hybridized carbons (Fsp3) is 0.800. The highest BCUT2D eigenvalue weighted by molar-refractivity contribution is 7.11. The zero-order valence-electron chi connectivity index (χ0n) is 12.6. The van der Waals surface area contributed by atoms with Gasteiger partial charge in [-0.05, 0) is 12.3 Å². The molecule has 4 nitrogen and oxygen atoms in total. The van der Waals surface area contributed by atoms with E-state index in [0.717, 1.165) is 25.7 Å². The fourth-order valence-corrected chi connectivity index (χ4v) is 4.12. The van der Waals surface area contributed by atoms with Gasteiger partial charge < -0.3 is 5.32 Å². The van der Waals surface area contributed by atoms with Crippen LogP contribution in [0, 0.1) is 0 Å². The molecule has 2 aliphatic heterocycles. The van der Waals surface area contributed by atoms with Gasteiger partial charge in [-0.25, -0.2) is 4.98 Å². The van der Waals surface area contributed by atoms with Crippen molar-refractivity contribution in [3.05, 3.63) is 16.1 Å². The molecular formula is C15H26N4S. The molecule has 0 bridgehead atoms. The van der Waals surface area contributed by atoms with E-state index in [2.05, 4.69) is 40.1 Å². The number of nitrogens with zero attached hydrogens (tertiary/aromatic N) is 3. The summed E-state index contributed by atoms with van der Waals surface area (Å²) in [4.78, 5) is 11.2. The first-order valence-electron chi connectivity index (χ1n) is 7.84. The Labute approximate surface area is 126 Å². The molecule has 3 heterocycles. The summed E-state index contributed by atoms with van der Waals surface area (Å²) >= 11 is 1.89. The van der Waals surface area contributed by atoms with E-state index < -0.39 is 0 Å². The van der Waals surface area contributed by atoms with Crippen molar-refractivity contribution in [3.8, 4) is 0 Å². The van der Waals surface area contributed by atoms with E-state index in [1.165, 1.54) is 42.5 Å². The smallest absolute Gasteiger partial charge is 0.107 e. The number of nitrogens with one attached hydrogen (secondary N) is 1. The first kappa shape index (κ1) is 14.4. The molecule has 3 rings (SSSR count). The average molecular weight is 294 g/mol. The Morgan fingerprint density at radius 2 is 2.15 bits per heavy atom. The molecule has 1 N–H and O–H groups in total. The molecule has 2 fully saturated rings. The Balaban J connectivity index is 1.51. The van der Waals surface area contributed by atoms with Crippen LogP contribution in [0.4, 0.5) is 0 Å². The molecule has 1 aromatic rings. The van der Waals surface area contributed by atoms with Crippen LogP contribution in [-0.4, -0.2) is 60.1 Å². The highest BCUT2D eigenvalue weighted by Gasteiger charge is 2.28. The van der Waals surface area contributed by atoms with Crippen LogP contribution in [0.15, 0.2) is 6.20 Å². The molecule has 2 saturated heterocycles. The summed E-state index contributed by atoms with van der Waals surface area (Å²) in [6, 6.07) is 0.765. The minimum Gasteiger partial charge on any atom is -0.314 e. The Hall–Kier alpha value is -0.490. The molecule has 112 valence electrons. The maximum absolute atomic E-state index is 4.59. The van der Waals surface area contributed by atoms with Gasteiger partial charge >= 0.3 is 0 Å². The van der Waals surface area contributed by atoms with Gasteiger partial charge in [-0.3, -0.25) is 9.80 Å². The summed E-state index contributed by atoms with van der Waals surface area (Å²) in [5.74, 6) is 0.605. The van der Waals surface area contributed by atoms with Gasteiger partial charge in [0.2, 0.25) is 0 Å². The van der Waals surface area contributed by atoms with E-state index >= 15 is 0 Å². The third-order valence-corrected chi connectivity index (χ3v) is 5.70. The van der Waals surface area contributed by atoms with Crippen LogP contribution in [-0.2, 0) is 6.54 Å². The molecule has 1 atom stereocenters. The van der Waals surface area contributed by atoms with E-state index in [1.54, 1.807) is 0 Å². The Morgan fingerprint density at radius 3 is 2.85 bits per heavy atom. The van der Waals surface area contributed by atoms with Gasteiger partial charge in [0.1, 0.15) is 5.01 Å². The Morgan fingerprint density at radius 1 is 1.35 bits per heavy atom. The number of likely N-dealkylation sites (tertiary alicyclic amines) is 1. The van der Waals surface area contributed by atoms with Gasteiger partial charge in [-0.1, -0.05) is 13.8 Å². The van der Waals surface area contributed by atoms with E-state index in [1.807, 2.05) is 11.3 Å². The predicted molar refractivity (Wildman–Crippen MR) is 84.3 cm³/mol. The predicted octanol–water partition coefficient (Wildman–Crippen LogP) is 1.75. The normalized spacial score (nSPS) is 25.6.